The van der Waals surface area contributed by atoms with Crippen molar-refractivity contribution in [2.45, 2.75) is 32.6 Å². The van der Waals surface area contributed by atoms with Gasteiger partial charge in [-0.15, -0.1) is 0 Å². The van der Waals surface area contributed by atoms with Gasteiger partial charge in [-0.05, 0) is 19.4 Å². The van der Waals surface area contributed by atoms with Crippen LogP contribution in [0.2, 0.25) is 0 Å². The second-order valence-electron chi connectivity index (χ2n) is 4.99. The highest BCUT2D eigenvalue weighted by atomic mass is 16.5. The molecule has 0 aliphatic carbocycles. The summed E-state index contributed by atoms with van der Waals surface area (Å²) >= 11 is 0. The van der Waals surface area contributed by atoms with Crippen LogP contribution in [-0.4, -0.2) is 32.6 Å². The van der Waals surface area contributed by atoms with Crippen molar-refractivity contribution in [1.29, 1.82) is 0 Å². The molecule has 7 nitrogen and oxygen atoms in total. The minimum atomic E-state index is -0.173. The van der Waals surface area contributed by atoms with E-state index in [0.717, 1.165) is 6.42 Å². The van der Waals surface area contributed by atoms with Crippen molar-refractivity contribution in [3.8, 4) is 11.5 Å². The van der Waals surface area contributed by atoms with Crippen molar-refractivity contribution in [2.75, 3.05) is 31.4 Å². The van der Waals surface area contributed by atoms with Crippen molar-refractivity contribution in [3.05, 3.63) is 12.1 Å². The number of carbonyl (C=O) groups excluding carboxylic acids is 2. The summed E-state index contributed by atoms with van der Waals surface area (Å²) in [5.41, 5.74) is 6.35. The fraction of sp³-hybridized carbons (Fsp3) is 0.500. The predicted molar refractivity (Wildman–Crippen MR) is 90.0 cm³/mol. The fourth-order valence-corrected chi connectivity index (χ4v) is 2.00. The third kappa shape index (κ3) is 5.78. The largest absolute Gasteiger partial charge is 0.493 e. The summed E-state index contributed by atoms with van der Waals surface area (Å²) in [7, 11) is 3.02. The third-order valence-electron chi connectivity index (χ3n) is 3.16. The molecule has 0 spiro atoms. The molecule has 2 amide bonds. The number of hydrogen-bond donors (Lipinski definition) is 3. The maximum atomic E-state index is 11.9. The van der Waals surface area contributed by atoms with Crippen LogP contribution >= 0.6 is 0 Å². The summed E-state index contributed by atoms with van der Waals surface area (Å²) in [6, 6.07) is 3.26. The van der Waals surface area contributed by atoms with Gasteiger partial charge in [0.2, 0.25) is 11.8 Å². The van der Waals surface area contributed by atoms with E-state index in [9.17, 15) is 9.59 Å². The van der Waals surface area contributed by atoms with Crippen LogP contribution in [0.4, 0.5) is 11.4 Å². The quantitative estimate of drug-likeness (QED) is 0.646. The molecule has 7 heteroatoms. The lowest BCUT2D eigenvalue weighted by Crippen LogP contribution is -2.17. The Labute approximate surface area is 136 Å². The molecule has 0 saturated carbocycles. The first-order valence-corrected chi connectivity index (χ1v) is 7.61. The first kappa shape index (κ1) is 18.8. The van der Waals surface area contributed by atoms with E-state index in [1.54, 1.807) is 12.1 Å². The molecule has 0 aliphatic rings. The molecule has 0 heterocycles. The van der Waals surface area contributed by atoms with Crippen molar-refractivity contribution in [2.24, 2.45) is 5.73 Å². The van der Waals surface area contributed by atoms with Gasteiger partial charge in [0.25, 0.3) is 0 Å². The van der Waals surface area contributed by atoms with Crippen LogP contribution in [0.5, 0.6) is 11.5 Å². The molecular weight excluding hydrogens is 298 g/mol. The van der Waals surface area contributed by atoms with E-state index in [-0.39, 0.29) is 11.8 Å². The molecule has 1 aromatic carbocycles. The minimum Gasteiger partial charge on any atom is -0.493 e. The van der Waals surface area contributed by atoms with E-state index < -0.39 is 0 Å². The standard InChI is InChI=1S/C16H25N3O4/c1-4-6-15(20)18-11-9-13(22-2)14(23-3)10-12(11)19-16(21)7-5-8-17/h9-10H,4-8,17H2,1-3H3,(H,18,20)(H,19,21). The molecule has 0 unspecified atom stereocenters. The monoisotopic (exact) mass is 323 g/mol. The number of nitrogens with one attached hydrogen (secondary N) is 2. The average Bonchev–Trinajstić information content (AvgIpc) is 2.54. The molecule has 0 saturated heterocycles. The van der Waals surface area contributed by atoms with Gasteiger partial charge in [0.05, 0.1) is 25.6 Å². The molecule has 0 aromatic heterocycles. The molecule has 0 aliphatic heterocycles. The van der Waals surface area contributed by atoms with E-state index in [4.69, 9.17) is 15.2 Å². The Hall–Kier alpha value is -2.28. The van der Waals surface area contributed by atoms with Crippen molar-refractivity contribution in [3.63, 3.8) is 0 Å². The van der Waals surface area contributed by atoms with Gasteiger partial charge >= 0.3 is 0 Å². The van der Waals surface area contributed by atoms with Crippen LogP contribution in [0.15, 0.2) is 12.1 Å². The SMILES string of the molecule is CCCC(=O)Nc1cc(OC)c(OC)cc1NC(=O)CCCN. The Morgan fingerprint density at radius 1 is 1.00 bits per heavy atom. The van der Waals surface area contributed by atoms with E-state index in [1.807, 2.05) is 6.92 Å². The lowest BCUT2D eigenvalue weighted by molar-refractivity contribution is -0.117. The minimum absolute atomic E-state index is 0.128. The zero-order valence-corrected chi connectivity index (χ0v) is 13.9. The lowest BCUT2D eigenvalue weighted by atomic mass is 10.2. The molecule has 1 aromatic rings. The van der Waals surface area contributed by atoms with Gasteiger partial charge in [0.1, 0.15) is 0 Å². The van der Waals surface area contributed by atoms with Gasteiger partial charge in [-0.1, -0.05) is 6.92 Å². The van der Waals surface area contributed by atoms with Crippen LogP contribution in [0, 0.1) is 0 Å². The maximum absolute atomic E-state index is 11.9. The second kappa shape index (κ2) is 9.68. The topological polar surface area (TPSA) is 103 Å². The molecule has 128 valence electrons. The number of nitrogens with two attached hydrogens (primary N) is 1. The molecule has 0 fully saturated rings. The van der Waals surface area contributed by atoms with Gasteiger partial charge in [-0.25, -0.2) is 0 Å². The summed E-state index contributed by atoms with van der Waals surface area (Å²) in [6.45, 7) is 2.36. The highest BCUT2D eigenvalue weighted by molar-refractivity contribution is 6.00. The van der Waals surface area contributed by atoms with Gasteiger partial charge < -0.3 is 25.8 Å². The summed E-state index contributed by atoms with van der Waals surface area (Å²) in [6.07, 6.45) is 2.04. The summed E-state index contributed by atoms with van der Waals surface area (Å²) < 4.78 is 10.5. The number of carbonyl (C=O) groups is 2. The normalized spacial score (nSPS) is 10.1. The van der Waals surface area contributed by atoms with E-state index in [1.165, 1.54) is 14.2 Å². The van der Waals surface area contributed by atoms with Gasteiger partial charge in [0.15, 0.2) is 11.5 Å². The lowest BCUT2D eigenvalue weighted by Gasteiger charge is -2.16. The molecule has 23 heavy (non-hydrogen) atoms. The van der Waals surface area contributed by atoms with Crippen LogP contribution in [0.1, 0.15) is 32.6 Å². The van der Waals surface area contributed by atoms with Crippen molar-refractivity contribution in [1.82, 2.24) is 0 Å². The first-order chi connectivity index (χ1) is 11.0. The Balaban J connectivity index is 3.07. The number of amides is 2. The van der Waals surface area contributed by atoms with Gasteiger partial charge in [-0.2, -0.15) is 0 Å². The van der Waals surface area contributed by atoms with E-state index in [2.05, 4.69) is 10.6 Å². The highest BCUT2D eigenvalue weighted by Crippen LogP contribution is 2.36. The predicted octanol–water partition coefficient (Wildman–Crippen LogP) is 2.12. The third-order valence-corrected chi connectivity index (χ3v) is 3.16. The number of hydrogen-bond acceptors (Lipinski definition) is 5. The van der Waals surface area contributed by atoms with Gasteiger partial charge in [-0.3, -0.25) is 9.59 Å². The molecular formula is C16H25N3O4. The van der Waals surface area contributed by atoms with E-state index in [0.29, 0.717) is 48.7 Å². The van der Waals surface area contributed by atoms with Crippen molar-refractivity contribution < 1.29 is 19.1 Å². The van der Waals surface area contributed by atoms with E-state index >= 15 is 0 Å². The fourth-order valence-electron chi connectivity index (χ4n) is 2.00. The average molecular weight is 323 g/mol. The first-order valence-electron chi connectivity index (χ1n) is 7.61. The molecule has 0 bridgehead atoms. The Morgan fingerprint density at radius 3 is 1.87 bits per heavy atom. The maximum Gasteiger partial charge on any atom is 0.224 e. The molecule has 0 radical (unpaired) electrons. The molecule has 0 atom stereocenters. The molecule has 1 rings (SSSR count). The summed E-state index contributed by atoms with van der Waals surface area (Å²) in [4.78, 5) is 23.8. The highest BCUT2D eigenvalue weighted by Gasteiger charge is 2.15. The summed E-state index contributed by atoms with van der Waals surface area (Å²) in [5, 5.41) is 5.56. The Kier molecular flexibility index (Phi) is 7.90. The van der Waals surface area contributed by atoms with Crippen molar-refractivity contribution >= 4 is 23.2 Å². The molecule has 4 N–H and O–H groups in total. The van der Waals surface area contributed by atoms with Crippen LogP contribution < -0.4 is 25.8 Å². The van der Waals surface area contributed by atoms with Gasteiger partial charge in [0, 0.05) is 25.0 Å². The number of anilines is 2. The smallest absolute Gasteiger partial charge is 0.224 e. The van der Waals surface area contributed by atoms with Crippen LogP contribution in [0.25, 0.3) is 0 Å². The second-order valence-corrected chi connectivity index (χ2v) is 4.99. The number of ether oxygens (including phenoxy) is 2. The summed E-state index contributed by atoms with van der Waals surface area (Å²) in [5.74, 6) is 0.639. The Bertz CT molecular complexity index is 546. The van der Waals surface area contributed by atoms with Crippen LogP contribution in [-0.2, 0) is 9.59 Å². The zero-order chi connectivity index (χ0) is 17.2. The number of benzene rings is 1. The number of methoxy groups -OCH3 is 2. The number of rotatable bonds is 9. The zero-order valence-electron chi connectivity index (χ0n) is 13.9. The van der Waals surface area contributed by atoms with Crippen LogP contribution in [0.3, 0.4) is 0 Å². The Morgan fingerprint density at radius 2 is 1.48 bits per heavy atom.